The Labute approximate surface area is 143 Å². The Morgan fingerprint density at radius 1 is 1.15 bits per heavy atom. The number of ether oxygens (including phenoxy) is 1. The SMILES string of the molecule is O=C(Cc1cocc1Oc1ccc(C(F)(F)F)cc1)C(=O)c1ncn[nH]1. The van der Waals surface area contributed by atoms with Gasteiger partial charge in [0.15, 0.2) is 11.6 Å². The van der Waals surface area contributed by atoms with Gasteiger partial charge in [0, 0.05) is 12.0 Å². The molecule has 0 atom stereocenters. The Kier molecular flexibility index (Phi) is 4.57. The summed E-state index contributed by atoms with van der Waals surface area (Å²) < 4.78 is 48.1. The van der Waals surface area contributed by atoms with Crippen LogP contribution in [-0.2, 0) is 17.4 Å². The minimum atomic E-state index is -4.45. The smallest absolute Gasteiger partial charge is 0.416 e. The Hall–Kier alpha value is -3.43. The molecule has 0 aliphatic carbocycles. The van der Waals surface area contributed by atoms with Crippen molar-refractivity contribution in [3.05, 3.63) is 60.1 Å². The molecular weight excluding hydrogens is 355 g/mol. The summed E-state index contributed by atoms with van der Waals surface area (Å²) in [6, 6.07) is 4.02. The predicted octanol–water partition coefficient (Wildman–Crippen LogP) is 3.20. The first-order valence-corrected chi connectivity index (χ1v) is 7.17. The minimum absolute atomic E-state index is 0.114. The number of hydrogen-bond donors (Lipinski definition) is 1. The number of ketones is 2. The summed E-state index contributed by atoms with van der Waals surface area (Å²) in [4.78, 5) is 27.5. The van der Waals surface area contributed by atoms with Crippen LogP contribution in [0.15, 0.2) is 47.5 Å². The van der Waals surface area contributed by atoms with E-state index in [1.807, 2.05) is 0 Å². The molecule has 0 saturated heterocycles. The maximum Gasteiger partial charge on any atom is 0.416 e. The Morgan fingerprint density at radius 2 is 1.88 bits per heavy atom. The molecule has 3 aromatic rings. The number of benzene rings is 1. The molecule has 0 fully saturated rings. The highest BCUT2D eigenvalue weighted by Crippen LogP contribution is 2.32. The third-order valence-corrected chi connectivity index (χ3v) is 3.35. The maximum atomic E-state index is 12.6. The topological polar surface area (TPSA) is 98.1 Å². The molecule has 0 aliphatic rings. The van der Waals surface area contributed by atoms with Crippen molar-refractivity contribution < 1.29 is 31.9 Å². The van der Waals surface area contributed by atoms with Crippen LogP contribution in [0, 0.1) is 0 Å². The van der Waals surface area contributed by atoms with E-state index >= 15 is 0 Å². The van der Waals surface area contributed by atoms with Gasteiger partial charge >= 0.3 is 6.18 Å². The second-order valence-corrected chi connectivity index (χ2v) is 5.15. The van der Waals surface area contributed by atoms with Gasteiger partial charge in [-0.2, -0.15) is 18.3 Å². The number of aromatic amines is 1. The van der Waals surface area contributed by atoms with Crippen LogP contribution in [-0.4, -0.2) is 26.7 Å². The highest BCUT2D eigenvalue weighted by Gasteiger charge is 2.30. The van der Waals surface area contributed by atoms with Gasteiger partial charge < -0.3 is 9.15 Å². The summed E-state index contributed by atoms with van der Waals surface area (Å²) in [5.74, 6) is -1.59. The van der Waals surface area contributed by atoms with Gasteiger partial charge in [0.05, 0.1) is 11.8 Å². The fourth-order valence-electron chi connectivity index (χ4n) is 2.07. The van der Waals surface area contributed by atoms with E-state index in [2.05, 4.69) is 15.2 Å². The zero-order chi connectivity index (χ0) is 18.7. The zero-order valence-electron chi connectivity index (χ0n) is 12.9. The molecule has 0 spiro atoms. The van der Waals surface area contributed by atoms with Gasteiger partial charge in [-0.1, -0.05) is 0 Å². The minimum Gasteiger partial charge on any atom is -0.468 e. The fraction of sp³-hybridized carbons (Fsp3) is 0.125. The molecule has 10 heteroatoms. The van der Waals surface area contributed by atoms with E-state index in [4.69, 9.17) is 9.15 Å². The fourth-order valence-corrected chi connectivity index (χ4v) is 2.07. The van der Waals surface area contributed by atoms with E-state index in [1.165, 1.54) is 12.5 Å². The number of Topliss-reactive ketones (excluding diaryl/α,β-unsaturated/α-hetero) is 2. The number of carbonyl (C=O) groups excluding carboxylic acids is 2. The molecule has 0 saturated carbocycles. The van der Waals surface area contributed by atoms with Gasteiger partial charge in [-0.3, -0.25) is 14.7 Å². The number of aromatic nitrogens is 3. The van der Waals surface area contributed by atoms with Crippen molar-refractivity contribution in [2.75, 3.05) is 0 Å². The summed E-state index contributed by atoms with van der Waals surface area (Å²) in [6.45, 7) is 0. The lowest BCUT2D eigenvalue weighted by Crippen LogP contribution is -2.18. The Morgan fingerprint density at radius 3 is 2.50 bits per heavy atom. The molecule has 0 radical (unpaired) electrons. The van der Waals surface area contributed by atoms with Crippen LogP contribution >= 0.6 is 0 Å². The normalized spacial score (nSPS) is 11.3. The number of carbonyl (C=O) groups is 2. The van der Waals surface area contributed by atoms with E-state index < -0.39 is 23.3 Å². The van der Waals surface area contributed by atoms with Crippen molar-refractivity contribution in [3.8, 4) is 11.5 Å². The average Bonchev–Trinajstić information content (AvgIpc) is 3.26. The van der Waals surface area contributed by atoms with E-state index in [1.54, 1.807) is 0 Å². The van der Waals surface area contributed by atoms with Crippen molar-refractivity contribution in [3.63, 3.8) is 0 Å². The summed E-state index contributed by atoms with van der Waals surface area (Å²) in [5.41, 5.74) is -0.548. The number of rotatable bonds is 6. The number of nitrogens with one attached hydrogen (secondary N) is 1. The quantitative estimate of drug-likeness (QED) is 0.532. The molecule has 0 bridgehead atoms. The van der Waals surface area contributed by atoms with E-state index in [9.17, 15) is 22.8 Å². The lowest BCUT2D eigenvalue weighted by molar-refractivity contribution is -0.137. The van der Waals surface area contributed by atoms with Crippen LogP contribution in [0.1, 0.15) is 21.7 Å². The van der Waals surface area contributed by atoms with Gasteiger partial charge in [-0.15, -0.1) is 0 Å². The third-order valence-electron chi connectivity index (χ3n) is 3.35. The molecule has 1 aromatic carbocycles. The van der Waals surface area contributed by atoms with Gasteiger partial charge in [-0.25, -0.2) is 4.98 Å². The largest absolute Gasteiger partial charge is 0.468 e. The van der Waals surface area contributed by atoms with Crippen molar-refractivity contribution in [1.82, 2.24) is 15.2 Å². The second-order valence-electron chi connectivity index (χ2n) is 5.15. The molecule has 26 heavy (non-hydrogen) atoms. The Balaban J connectivity index is 1.71. The molecule has 7 nitrogen and oxygen atoms in total. The molecule has 2 heterocycles. The number of halogens is 3. The van der Waals surface area contributed by atoms with Gasteiger partial charge in [0.2, 0.25) is 5.78 Å². The maximum absolute atomic E-state index is 12.6. The van der Waals surface area contributed by atoms with E-state index in [0.717, 1.165) is 30.6 Å². The van der Waals surface area contributed by atoms with Crippen LogP contribution in [0.2, 0.25) is 0 Å². The van der Waals surface area contributed by atoms with Crippen molar-refractivity contribution in [1.29, 1.82) is 0 Å². The number of H-pyrrole nitrogens is 1. The third kappa shape index (κ3) is 3.79. The molecule has 134 valence electrons. The van der Waals surface area contributed by atoms with Crippen molar-refractivity contribution in [2.45, 2.75) is 12.6 Å². The molecule has 0 amide bonds. The Bertz CT molecular complexity index is 915. The number of hydrogen-bond acceptors (Lipinski definition) is 6. The molecular formula is C16H10F3N3O4. The standard InChI is InChI=1S/C16H10F3N3O4/c17-16(18,19)10-1-3-11(4-2-10)26-13-7-25-6-9(13)5-12(23)14(24)15-20-8-21-22-15/h1-4,6-8H,5H2,(H,20,21,22). The summed E-state index contributed by atoms with van der Waals surface area (Å²) in [7, 11) is 0. The molecule has 0 unspecified atom stereocenters. The lowest BCUT2D eigenvalue weighted by atomic mass is 10.1. The summed E-state index contributed by atoms with van der Waals surface area (Å²) in [6.07, 6.45) is -1.29. The predicted molar refractivity (Wildman–Crippen MR) is 79.7 cm³/mol. The van der Waals surface area contributed by atoms with Crippen LogP contribution in [0.25, 0.3) is 0 Å². The first-order chi connectivity index (χ1) is 12.3. The van der Waals surface area contributed by atoms with Gasteiger partial charge in [-0.05, 0) is 24.3 Å². The summed E-state index contributed by atoms with van der Waals surface area (Å²) >= 11 is 0. The highest BCUT2D eigenvalue weighted by atomic mass is 19.4. The zero-order valence-corrected chi connectivity index (χ0v) is 12.9. The van der Waals surface area contributed by atoms with Crippen molar-refractivity contribution >= 4 is 11.6 Å². The number of nitrogens with zero attached hydrogens (tertiary/aromatic N) is 2. The first kappa shape index (κ1) is 17.4. The lowest BCUT2D eigenvalue weighted by Gasteiger charge is -2.08. The molecule has 0 aliphatic heterocycles. The van der Waals surface area contributed by atoms with Gasteiger partial charge in [0.1, 0.15) is 18.3 Å². The second kappa shape index (κ2) is 6.82. The van der Waals surface area contributed by atoms with Crippen LogP contribution < -0.4 is 4.74 Å². The van der Waals surface area contributed by atoms with Crippen LogP contribution in [0.5, 0.6) is 11.5 Å². The number of alkyl halides is 3. The highest BCUT2D eigenvalue weighted by molar-refractivity contribution is 6.43. The number of furan rings is 1. The van der Waals surface area contributed by atoms with Crippen LogP contribution in [0.4, 0.5) is 13.2 Å². The first-order valence-electron chi connectivity index (χ1n) is 7.17. The molecule has 1 N–H and O–H groups in total. The summed E-state index contributed by atoms with van der Waals surface area (Å²) in [5, 5.41) is 5.78. The van der Waals surface area contributed by atoms with Crippen molar-refractivity contribution in [2.24, 2.45) is 0 Å². The van der Waals surface area contributed by atoms with E-state index in [0.29, 0.717) is 0 Å². The van der Waals surface area contributed by atoms with Gasteiger partial charge in [0.25, 0.3) is 5.78 Å². The van der Waals surface area contributed by atoms with E-state index in [-0.39, 0.29) is 29.3 Å². The monoisotopic (exact) mass is 365 g/mol. The molecule has 3 rings (SSSR count). The van der Waals surface area contributed by atoms with Crippen LogP contribution in [0.3, 0.4) is 0 Å². The average molecular weight is 365 g/mol. The molecule has 2 aromatic heterocycles.